The second kappa shape index (κ2) is 5.91. The summed E-state index contributed by atoms with van der Waals surface area (Å²) < 4.78 is 0. The van der Waals surface area contributed by atoms with Gasteiger partial charge in [-0.25, -0.2) is 4.98 Å². The Bertz CT molecular complexity index is 395. The molecular formula is C16H25N3. The normalized spacial score (nSPS) is 24.3. The lowest BCUT2D eigenvalue weighted by atomic mass is 9.96. The molecule has 3 heteroatoms. The molecule has 3 rings (SSSR count). The zero-order valence-corrected chi connectivity index (χ0v) is 11.9. The second-order valence-corrected chi connectivity index (χ2v) is 6.00. The number of nitrogens with one attached hydrogen (secondary N) is 1. The van der Waals surface area contributed by atoms with Crippen LogP contribution in [0, 0.1) is 5.92 Å². The van der Waals surface area contributed by atoms with Gasteiger partial charge in [0.1, 0.15) is 5.82 Å². The first-order chi connectivity index (χ1) is 9.38. The fourth-order valence-electron chi connectivity index (χ4n) is 3.80. The highest BCUT2D eigenvalue weighted by molar-refractivity contribution is 5.42. The van der Waals surface area contributed by atoms with Crippen LogP contribution in [0.3, 0.4) is 0 Å². The van der Waals surface area contributed by atoms with Gasteiger partial charge in [-0.3, -0.25) is 0 Å². The van der Waals surface area contributed by atoms with Gasteiger partial charge in [-0.1, -0.05) is 18.9 Å². The van der Waals surface area contributed by atoms with Gasteiger partial charge < -0.3 is 10.2 Å². The average Bonchev–Trinajstić information content (AvgIpc) is 3.11. The van der Waals surface area contributed by atoms with Crippen LogP contribution in [0.25, 0.3) is 0 Å². The molecule has 1 unspecified atom stereocenters. The van der Waals surface area contributed by atoms with Crippen LogP contribution in [0.4, 0.5) is 5.82 Å². The lowest BCUT2D eigenvalue weighted by Crippen LogP contribution is -2.35. The first-order valence-corrected chi connectivity index (χ1v) is 7.74. The van der Waals surface area contributed by atoms with Gasteiger partial charge in [-0.05, 0) is 50.3 Å². The standard InChI is InChI=1S/C16H25N3/c1-17-11-13-8-9-16(18-12-13)19-10-4-7-15(19)14-5-2-3-6-14/h8-9,12,14-15,17H,2-7,10-11H2,1H3. The molecule has 0 radical (unpaired) electrons. The van der Waals surface area contributed by atoms with Gasteiger partial charge >= 0.3 is 0 Å². The average molecular weight is 259 g/mol. The quantitative estimate of drug-likeness (QED) is 0.901. The molecule has 2 aliphatic rings. The number of pyridine rings is 1. The minimum atomic E-state index is 0.755. The minimum absolute atomic E-state index is 0.755. The van der Waals surface area contributed by atoms with Crippen LogP contribution in [-0.4, -0.2) is 24.6 Å². The molecule has 1 atom stereocenters. The maximum atomic E-state index is 4.69. The molecule has 1 saturated heterocycles. The third-order valence-corrected chi connectivity index (χ3v) is 4.73. The molecule has 104 valence electrons. The lowest BCUT2D eigenvalue weighted by molar-refractivity contribution is 0.429. The first kappa shape index (κ1) is 12.9. The molecule has 1 aliphatic heterocycles. The molecule has 0 amide bonds. The van der Waals surface area contributed by atoms with Crippen molar-refractivity contribution in [2.75, 3.05) is 18.5 Å². The summed E-state index contributed by atoms with van der Waals surface area (Å²) in [6.45, 7) is 2.10. The Morgan fingerprint density at radius 1 is 1.21 bits per heavy atom. The maximum Gasteiger partial charge on any atom is 0.128 e. The third-order valence-electron chi connectivity index (χ3n) is 4.73. The van der Waals surface area contributed by atoms with Gasteiger partial charge in [-0.15, -0.1) is 0 Å². The molecule has 3 nitrogen and oxygen atoms in total. The van der Waals surface area contributed by atoms with Crippen molar-refractivity contribution >= 4 is 5.82 Å². The summed E-state index contributed by atoms with van der Waals surface area (Å²) in [4.78, 5) is 7.26. The molecule has 1 saturated carbocycles. The Hall–Kier alpha value is -1.09. The topological polar surface area (TPSA) is 28.2 Å². The smallest absolute Gasteiger partial charge is 0.128 e. The summed E-state index contributed by atoms with van der Waals surface area (Å²) in [6, 6.07) is 5.17. The van der Waals surface area contributed by atoms with Crippen molar-refractivity contribution in [3.05, 3.63) is 23.9 Å². The summed E-state index contributed by atoms with van der Waals surface area (Å²) >= 11 is 0. The Morgan fingerprint density at radius 3 is 2.74 bits per heavy atom. The minimum Gasteiger partial charge on any atom is -0.353 e. The van der Waals surface area contributed by atoms with E-state index in [0.29, 0.717) is 0 Å². The van der Waals surface area contributed by atoms with Crippen molar-refractivity contribution in [2.45, 2.75) is 51.1 Å². The second-order valence-electron chi connectivity index (χ2n) is 6.00. The molecular weight excluding hydrogens is 234 g/mol. The van der Waals surface area contributed by atoms with Crippen LogP contribution in [-0.2, 0) is 6.54 Å². The van der Waals surface area contributed by atoms with Crippen molar-refractivity contribution < 1.29 is 0 Å². The highest BCUT2D eigenvalue weighted by Gasteiger charge is 2.33. The summed E-state index contributed by atoms with van der Waals surface area (Å²) in [5.74, 6) is 2.11. The Kier molecular flexibility index (Phi) is 4.02. The van der Waals surface area contributed by atoms with E-state index in [9.17, 15) is 0 Å². The molecule has 1 N–H and O–H groups in total. The number of rotatable bonds is 4. The number of nitrogens with zero attached hydrogens (tertiary/aromatic N) is 2. The molecule has 19 heavy (non-hydrogen) atoms. The van der Waals surface area contributed by atoms with Gasteiger partial charge in [0.25, 0.3) is 0 Å². The fraction of sp³-hybridized carbons (Fsp3) is 0.688. The fourth-order valence-corrected chi connectivity index (χ4v) is 3.80. The SMILES string of the molecule is CNCc1ccc(N2CCCC2C2CCCC2)nc1. The largest absolute Gasteiger partial charge is 0.353 e. The van der Waals surface area contributed by atoms with E-state index in [1.165, 1.54) is 56.5 Å². The first-order valence-electron chi connectivity index (χ1n) is 7.74. The zero-order chi connectivity index (χ0) is 13.1. The zero-order valence-electron chi connectivity index (χ0n) is 11.9. The highest BCUT2D eigenvalue weighted by atomic mass is 15.2. The summed E-state index contributed by atoms with van der Waals surface area (Å²) in [5, 5.41) is 3.17. The molecule has 1 aromatic rings. The van der Waals surface area contributed by atoms with Gasteiger partial charge in [0, 0.05) is 25.3 Å². The van der Waals surface area contributed by atoms with Crippen LogP contribution < -0.4 is 10.2 Å². The molecule has 1 aromatic heterocycles. The highest BCUT2D eigenvalue weighted by Crippen LogP contribution is 2.37. The van der Waals surface area contributed by atoms with Crippen molar-refractivity contribution in [2.24, 2.45) is 5.92 Å². The van der Waals surface area contributed by atoms with E-state index in [0.717, 1.165) is 18.5 Å². The van der Waals surface area contributed by atoms with Gasteiger partial charge in [0.05, 0.1) is 0 Å². The predicted octanol–water partition coefficient (Wildman–Crippen LogP) is 2.96. The lowest BCUT2D eigenvalue weighted by Gasteiger charge is -2.30. The molecule has 0 bridgehead atoms. The van der Waals surface area contributed by atoms with E-state index in [1.54, 1.807) is 0 Å². The summed E-state index contributed by atoms with van der Waals surface area (Å²) in [7, 11) is 1.98. The van der Waals surface area contributed by atoms with E-state index in [2.05, 4.69) is 27.3 Å². The van der Waals surface area contributed by atoms with E-state index in [4.69, 9.17) is 0 Å². The Morgan fingerprint density at radius 2 is 2.05 bits per heavy atom. The van der Waals surface area contributed by atoms with Crippen molar-refractivity contribution in [3.63, 3.8) is 0 Å². The number of aromatic nitrogens is 1. The molecule has 2 heterocycles. The molecule has 0 aromatic carbocycles. The third kappa shape index (κ3) is 2.76. The van der Waals surface area contributed by atoms with Crippen LogP contribution in [0.1, 0.15) is 44.1 Å². The van der Waals surface area contributed by atoms with Crippen LogP contribution >= 0.6 is 0 Å². The van der Waals surface area contributed by atoms with Crippen molar-refractivity contribution in [3.8, 4) is 0 Å². The van der Waals surface area contributed by atoms with Gasteiger partial charge in [-0.2, -0.15) is 0 Å². The number of anilines is 1. The van der Waals surface area contributed by atoms with Crippen molar-refractivity contribution in [1.29, 1.82) is 0 Å². The summed E-state index contributed by atoms with van der Waals surface area (Å²) in [5.41, 5.74) is 1.27. The van der Waals surface area contributed by atoms with E-state index >= 15 is 0 Å². The van der Waals surface area contributed by atoms with E-state index < -0.39 is 0 Å². The van der Waals surface area contributed by atoms with Crippen molar-refractivity contribution in [1.82, 2.24) is 10.3 Å². The summed E-state index contributed by atoms with van der Waals surface area (Å²) in [6.07, 6.45) is 10.5. The van der Waals surface area contributed by atoms with Gasteiger partial charge in [0.15, 0.2) is 0 Å². The Balaban J connectivity index is 1.72. The van der Waals surface area contributed by atoms with E-state index in [1.807, 2.05) is 13.2 Å². The molecule has 1 aliphatic carbocycles. The van der Waals surface area contributed by atoms with Gasteiger partial charge in [0.2, 0.25) is 0 Å². The van der Waals surface area contributed by atoms with Crippen LogP contribution in [0.5, 0.6) is 0 Å². The molecule has 0 spiro atoms. The van der Waals surface area contributed by atoms with E-state index in [-0.39, 0.29) is 0 Å². The predicted molar refractivity (Wildman–Crippen MR) is 79.3 cm³/mol. The number of hydrogen-bond donors (Lipinski definition) is 1. The van der Waals surface area contributed by atoms with Crippen LogP contribution in [0.15, 0.2) is 18.3 Å². The Labute approximate surface area is 116 Å². The number of hydrogen-bond acceptors (Lipinski definition) is 3. The monoisotopic (exact) mass is 259 g/mol. The molecule has 2 fully saturated rings. The maximum absolute atomic E-state index is 4.69. The van der Waals surface area contributed by atoms with Crippen LogP contribution in [0.2, 0.25) is 0 Å².